The molecule has 1 aliphatic heterocycles. The largest absolute Gasteiger partial charge is 0.379 e. The second kappa shape index (κ2) is 10.1. The molecule has 1 aromatic rings. The Morgan fingerprint density at radius 2 is 2.07 bits per heavy atom. The molecule has 0 radical (unpaired) electrons. The van der Waals surface area contributed by atoms with Gasteiger partial charge < -0.3 is 19.5 Å². The highest BCUT2D eigenvalue weighted by molar-refractivity contribution is 6.19. The number of halogens is 1. The van der Waals surface area contributed by atoms with E-state index in [4.69, 9.17) is 20.9 Å². The van der Waals surface area contributed by atoms with Crippen LogP contribution >= 0.6 is 11.6 Å². The molecule has 1 aliphatic rings. The first-order valence-electron chi connectivity index (χ1n) is 9.20. The predicted octanol–water partition coefficient (Wildman–Crippen LogP) is 1.74. The number of amides is 2. The van der Waals surface area contributed by atoms with Crippen LogP contribution in [0, 0.1) is 12.3 Å². The van der Waals surface area contributed by atoms with E-state index in [-0.39, 0.29) is 24.2 Å². The molecule has 0 unspecified atom stereocenters. The summed E-state index contributed by atoms with van der Waals surface area (Å²) in [6, 6.07) is 1.63. The summed E-state index contributed by atoms with van der Waals surface area (Å²) < 4.78 is 10.3. The van der Waals surface area contributed by atoms with E-state index >= 15 is 0 Å². The van der Waals surface area contributed by atoms with Crippen molar-refractivity contribution in [2.45, 2.75) is 27.2 Å². The molecule has 0 aromatic carbocycles. The highest BCUT2D eigenvalue weighted by Gasteiger charge is 2.32. The lowest BCUT2D eigenvalue weighted by molar-refractivity contribution is -0.141. The molecule has 0 saturated carbocycles. The van der Waals surface area contributed by atoms with Gasteiger partial charge in [-0.2, -0.15) is 0 Å². The smallest absolute Gasteiger partial charge is 0.245 e. The summed E-state index contributed by atoms with van der Waals surface area (Å²) in [4.78, 5) is 29.1. The SMILES string of the molecule is Cc1cc(NC(=O)CN(CCCN2CCOCC2)C(=O)C(C)(C)CCl)no1. The molecule has 1 aromatic heterocycles. The minimum Gasteiger partial charge on any atom is -0.379 e. The first-order chi connectivity index (χ1) is 12.8. The molecular formula is C18H29ClN4O4. The zero-order valence-corrected chi connectivity index (χ0v) is 17.0. The van der Waals surface area contributed by atoms with Gasteiger partial charge in [0.05, 0.1) is 25.2 Å². The van der Waals surface area contributed by atoms with Crippen LogP contribution in [0.5, 0.6) is 0 Å². The Morgan fingerprint density at radius 3 is 2.67 bits per heavy atom. The van der Waals surface area contributed by atoms with Crippen molar-refractivity contribution in [3.63, 3.8) is 0 Å². The third-order valence-electron chi connectivity index (χ3n) is 4.44. The van der Waals surface area contributed by atoms with Crippen molar-refractivity contribution in [3.05, 3.63) is 11.8 Å². The van der Waals surface area contributed by atoms with Gasteiger partial charge >= 0.3 is 0 Å². The molecule has 2 rings (SSSR count). The number of morpholine rings is 1. The maximum Gasteiger partial charge on any atom is 0.245 e. The van der Waals surface area contributed by atoms with Crippen LogP contribution in [0.25, 0.3) is 0 Å². The van der Waals surface area contributed by atoms with Crippen molar-refractivity contribution < 1.29 is 18.8 Å². The van der Waals surface area contributed by atoms with Gasteiger partial charge in [0.1, 0.15) is 5.76 Å². The summed E-state index contributed by atoms with van der Waals surface area (Å²) in [5, 5.41) is 6.41. The summed E-state index contributed by atoms with van der Waals surface area (Å²) in [5.41, 5.74) is -0.731. The van der Waals surface area contributed by atoms with Crippen LogP contribution in [0.4, 0.5) is 5.82 Å². The maximum absolute atomic E-state index is 12.9. The molecule has 0 aliphatic carbocycles. The Kier molecular flexibility index (Phi) is 8.07. The topological polar surface area (TPSA) is 87.9 Å². The number of hydrogen-bond acceptors (Lipinski definition) is 6. The first kappa shape index (κ1) is 21.7. The summed E-state index contributed by atoms with van der Waals surface area (Å²) in [5.74, 6) is 0.691. The van der Waals surface area contributed by atoms with Crippen LogP contribution < -0.4 is 5.32 Å². The van der Waals surface area contributed by atoms with Gasteiger partial charge in [-0.15, -0.1) is 11.6 Å². The lowest BCUT2D eigenvalue weighted by atomic mass is 9.94. The molecule has 0 spiro atoms. The average molecular weight is 401 g/mol. The van der Waals surface area contributed by atoms with Gasteiger partial charge in [-0.1, -0.05) is 5.16 Å². The van der Waals surface area contributed by atoms with Gasteiger partial charge in [-0.05, 0) is 27.2 Å². The number of aromatic nitrogens is 1. The Hall–Kier alpha value is -1.64. The van der Waals surface area contributed by atoms with Crippen molar-refractivity contribution >= 4 is 29.2 Å². The molecule has 0 atom stereocenters. The van der Waals surface area contributed by atoms with Crippen LogP contribution in [0.3, 0.4) is 0 Å². The second-order valence-corrected chi connectivity index (χ2v) is 7.69. The Bertz CT molecular complexity index is 629. The number of nitrogens with zero attached hydrogens (tertiary/aromatic N) is 3. The van der Waals surface area contributed by atoms with E-state index in [9.17, 15) is 9.59 Å². The fraction of sp³-hybridized carbons (Fsp3) is 0.722. The number of aryl methyl sites for hydroxylation is 1. The minimum atomic E-state index is -0.731. The molecule has 9 heteroatoms. The summed E-state index contributed by atoms with van der Waals surface area (Å²) in [6.45, 7) is 9.89. The quantitative estimate of drug-likeness (QED) is 0.635. The Balaban J connectivity index is 1.93. The first-order valence-corrected chi connectivity index (χ1v) is 9.74. The number of carbonyl (C=O) groups is 2. The van der Waals surface area contributed by atoms with Crippen LogP contribution in [0.1, 0.15) is 26.0 Å². The molecule has 1 fully saturated rings. The van der Waals surface area contributed by atoms with E-state index in [0.29, 0.717) is 18.1 Å². The van der Waals surface area contributed by atoms with Crippen LogP contribution in [-0.2, 0) is 14.3 Å². The van der Waals surface area contributed by atoms with Crippen molar-refractivity contribution in [2.24, 2.45) is 5.41 Å². The zero-order valence-electron chi connectivity index (χ0n) is 16.3. The van der Waals surface area contributed by atoms with Crippen molar-refractivity contribution in [1.29, 1.82) is 0 Å². The van der Waals surface area contributed by atoms with E-state index < -0.39 is 5.41 Å². The van der Waals surface area contributed by atoms with Gasteiger partial charge in [-0.25, -0.2) is 0 Å². The molecule has 152 valence electrons. The lowest BCUT2D eigenvalue weighted by Gasteiger charge is -2.31. The van der Waals surface area contributed by atoms with Crippen molar-refractivity contribution in [1.82, 2.24) is 15.0 Å². The predicted molar refractivity (Wildman–Crippen MR) is 103 cm³/mol. The van der Waals surface area contributed by atoms with Crippen LogP contribution in [0.2, 0.25) is 0 Å². The molecular weight excluding hydrogens is 372 g/mol. The second-order valence-electron chi connectivity index (χ2n) is 7.42. The lowest BCUT2D eigenvalue weighted by Crippen LogP contribution is -2.47. The van der Waals surface area contributed by atoms with E-state index in [1.807, 2.05) is 0 Å². The monoisotopic (exact) mass is 400 g/mol. The number of ether oxygens (including phenoxy) is 1. The average Bonchev–Trinajstić information content (AvgIpc) is 3.05. The number of nitrogens with one attached hydrogen (secondary N) is 1. The standard InChI is InChI=1S/C18H29ClN4O4/c1-14-11-15(21-27-14)20-16(24)12-23(17(25)18(2,3)13-19)6-4-5-22-7-9-26-10-8-22/h11H,4-10,12-13H2,1-3H3,(H,20,21,24). The van der Waals surface area contributed by atoms with Gasteiger partial charge in [-0.3, -0.25) is 14.5 Å². The summed E-state index contributed by atoms with van der Waals surface area (Å²) in [6.07, 6.45) is 0.778. The zero-order chi connectivity index (χ0) is 19.9. The number of alkyl halides is 1. The number of carbonyl (C=O) groups excluding carboxylic acids is 2. The fourth-order valence-electron chi connectivity index (χ4n) is 2.83. The van der Waals surface area contributed by atoms with Crippen molar-refractivity contribution in [3.8, 4) is 0 Å². The highest BCUT2D eigenvalue weighted by atomic mass is 35.5. The fourth-order valence-corrected chi connectivity index (χ4v) is 2.94. The molecule has 27 heavy (non-hydrogen) atoms. The van der Waals surface area contributed by atoms with E-state index in [2.05, 4.69) is 15.4 Å². The van der Waals surface area contributed by atoms with Gasteiger partial charge in [0, 0.05) is 38.1 Å². The van der Waals surface area contributed by atoms with Crippen LogP contribution in [0.15, 0.2) is 10.6 Å². The summed E-state index contributed by atoms with van der Waals surface area (Å²) >= 11 is 5.96. The molecule has 8 nitrogen and oxygen atoms in total. The van der Waals surface area contributed by atoms with E-state index in [0.717, 1.165) is 39.3 Å². The van der Waals surface area contributed by atoms with E-state index in [1.54, 1.807) is 31.7 Å². The summed E-state index contributed by atoms with van der Waals surface area (Å²) in [7, 11) is 0. The maximum atomic E-state index is 12.9. The van der Waals surface area contributed by atoms with E-state index in [1.165, 1.54) is 0 Å². The van der Waals surface area contributed by atoms with Crippen LogP contribution in [-0.4, -0.2) is 78.6 Å². The number of rotatable bonds is 9. The van der Waals surface area contributed by atoms with Gasteiger partial charge in [0.15, 0.2) is 5.82 Å². The third kappa shape index (κ3) is 6.79. The molecule has 0 bridgehead atoms. The Morgan fingerprint density at radius 1 is 1.37 bits per heavy atom. The minimum absolute atomic E-state index is 0.0474. The molecule has 1 N–H and O–H groups in total. The normalized spacial score (nSPS) is 15.6. The highest BCUT2D eigenvalue weighted by Crippen LogP contribution is 2.21. The molecule has 1 saturated heterocycles. The molecule has 2 heterocycles. The van der Waals surface area contributed by atoms with Gasteiger partial charge in [0.25, 0.3) is 0 Å². The number of hydrogen-bond donors (Lipinski definition) is 1. The Labute approximate surface area is 165 Å². The van der Waals surface area contributed by atoms with Crippen molar-refractivity contribution in [2.75, 3.05) is 57.1 Å². The number of anilines is 1. The third-order valence-corrected chi connectivity index (χ3v) is 5.10. The van der Waals surface area contributed by atoms with Gasteiger partial charge in [0.2, 0.25) is 11.8 Å². The molecule has 2 amide bonds.